The molecule has 5 nitrogen and oxygen atoms in total. The van der Waals surface area contributed by atoms with Crippen LogP contribution in [0.4, 0.5) is 0 Å². The van der Waals surface area contributed by atoms with E-state index < -0.39 is 0 Å². The molecule has 3 rings (SSSR count). The summed E-state index contributed by atoms with van der Waals surface area (Å²) < 4.78 is 0. The Morgan fingerprint density at radius 2 is 2.21 bits per heavy atom. The van der Waals surface area contributed by atoms with Crippen LogP contribution in [0, 0.1) is 0 Å². The molecule has 0 atom stereocenters. The third kappa shape index (κ3) is 2.62. The number of carbonyl (C=O) groups is 1. The van der Waals surface area contributed by atoms with Gasteiger partial charge in [0.25, 0.3) is 0 Å². The van der Waals surface area contributed by atoms with Gasteiger partial charge in [-0.25, -0.2) is 5.06 Å². The van der Waals surface area contributed by atoms with E-state index in [2.05, 4.69) is 16.0 Å². The highest BCUT2D eigenvalue weighted by Gasteiger charge is 2.45. The lowest BCUT2D eigenvalue weighted by molar-refractivity contribution is -0.199. The number of pyridine rings is 1. The number of likely N-dealkylation sites (tertiary alicyclic amines) is 1. The van der Waals surface area contributed by atoms with Crippen molar-refractivity contribution in [3.8, 4) is 0 Å². The van der Waals surface area contributed by atoms with Gasteiger partial charge in [-0.2, -0.15) is 0 Å². The van der Waals surface area contributed by atoms with Crippen molar-refractivity contribution >= 4 is 5.91 Å². The van der Waals surface area contributed by atoms with Crippen LogP contribution in [0.15, 0.2) is 24.5 Å². The van der Waals surface area contributed by atoms with Gasteiger partial charge in [-0.3, -0.25) is 19.5 Å². The molecule has 5 heteroatoms. The van der Waals surface area contributed by atoms with Crippen LogP contribution in [0.1, 0.15) is 24.8 Å². The van der Waals surface area contributed by atoms with E-state index in [4.69, 9.17) is 4.84 Å². The average molecular weight is 261 g/mol. The molecule has 0 saturated carbocycles. The van der Waals surface area contributed by atoms with Crippen LogP contribution < -0.4 is 0 Å². The molecule has 102 valence electrons. The second kappa shape index (κ2) is 4.90. The van der Waals surface area contributed by atoms with Crippen LogP contribution in [0.3, 0.4) is 0 Å². The molecule has 2 aliphatic heterocycles. The molecule has 2 saturated heterocycles. The Bertz CT molecular complexity index is 455. The van der Waals surface area contributed by atoms with E-state index >= 15 is 0 Å². The van der Waals surface area contributed by atoms with Crippen molar-refractivity contribution in [3.05, 3.63) is 30.1 Å². The van der Waals surface area contributed by atoms with Crippen molar-refractivity contribution in [3.63, 3.8) is 0 Å². The number of hydrogen-bond acceptors (Lipinski definition) is 4. The van der Waals surface area contributed by atoms with E-state index in [1.807, 2.05) is 12.3 Å². The molecule has 0 unspecified atom stereocenters. The topological polar surface area (TPSA) is 45.7 Å². The smallest absolute Gasteiger partial charge is 0.248 e. The molecule has 0 aromatic carbocycles. The molecule has 1 aromatic rings. The van der Waals surface area contributed by atoms with Crippen molar-refractivity contribution in [2.24, 2.45) is 0 Å². The molecule has 0 N–H and O–H groups in total. The highest BCUT2D eigenvalue weighted by Crippen LogP contribution is 2.35. The van der Waals surface area contributed by atoms with E-state index in [9.17, 15) is 4.79 Å². The third-order valence-corrected chi connectivity index (χ3v) is 4.05. The van der Waals surface area contributed by atoms with Crippen LogP contribution in [-0.4, -0.2) is 46.6 Å². The number of rotatable bonds is 2. The van der Waals surface area contributed by atoms with Gasteiger partial charge in [0.05, 0.1) is 6.42 Å². The van der Waals surface area contributed by atoms with Gasteiger partial charge in [-0.1, -0.05) is 6.07 Å². The van der Waals surface area contributed by atoms with Crippen molar-refractivity contribution in [2.45, 2.75) is 31.4 Å². The summed E-state index contributed by atoms with van der Waals surface area (Å²) in [6, 6.07) is 4.06. The number of amides is 1. The normalized spacial score (nSPS) is 23.2. The molecule has 0 radical (unpaired) electrons. The molecular formula is C14H19N3O2. The van der Waals surface area contributed by atoms with Gasteiger partial charge in [0.15, 0.2) is 0 Å². The summed E-state index contributed by atoms with van der Waals surface area (Å²) in [5.74, 6) is 0.0979. The maximum absolute atomic E-state index is 11.6. The minimum atomic E-state index is -0.239. The lowest BCUT2D eigenvalue weighted by atomic mass is 9.88. The highest BCUT2D eigenvalue weighted by molar-refractivity contribution is 5.77. The predicted molar refractivity (Wildman–Crippen MR) is 70.0 cm³/mol. The molecule has 19 heavy (non-hydrogen) atoms. The minimum Gasteiger partial charge on any atom is -0.299 e. The largest absolute Gasteiger partial charge is 0.299 e. The molecule has 1 spiro atoms. The monoisotopic (exact) mass is 261 g/mol. The number of nitrogens with zero attached hydrogens (tertiary/aromatic N) is 3. The van der Waals surface area contributed by atoms with Gasteiger partial charge in [-0.05, 0) is 24.5 Å². The van der Waals surface area contributed by atoms with Crippen LogP contribution in [0.2, 0.25) is 0 Å². The second-order valence-corrected chi connectivity index (χ2v) is 5.48. The summed E-state index contributed by atoms with van der Waals surface area (Å²) in [6.07, 6.45) is 6.08. The summed E-state index contributed by atoms with van der Waals surface area (Å²) in [5.41, 5.74) is 0.996. The molecule has 1 aromatic heterocycles. The predicted octanol–water partition coefficient (Wildman–Crippen LogP) is 1.21. The van der Waals surface area contributed by atoms with Gasteiger partial charge in [0, 0.05) is 39.1 Å². The molecule has 2 fully saturated rings. The lowest BCUT2D eigenvalue weighted by Gasteiger charge is -2.37. The summed E-state index contributed by atoms with van der Waals surface area (Å²) in [4.78, 5) is 23.9. The Morgan fingerprint density at radius 3 is 2.79 bits per heavy atom. The number of hydrogen-bond donors (Lipinski definition) is 0. The maximum atomic E-state index is 11.6. The molecule has 0 aliphatic carbocycles. The Labute approximate surface area is 113 Å². The van der Waals surface area contributed by atoms with Gasteiger partial charge in [0.1, 0.15) is 5.60 Å². The van der Waals surface area contributed by atoms with E-state index in [0.717, 1.165) is 32.5 Å². The minimum absolute atomic E-state index is 0.0979. The fourth-order valence-electron chi connectivity index (χ4n) is 2.90. The number of aromatic nitrogens is 1. The fourth-order valence-corrected chi connectivity index (χ4v) is 2.90. The Balaban J connectivity index is 1.57. The molecular weight excluding hydrogens is 242 g/mol. The number of piperidine rings is 1. The first-order valence-electron chi connectivity index (χ1n) is 6.74. The standard InChI is InChI=1S/C14H19N3O2/c1-16-13(18)9-14(19-16)4-7-17(8-5-14)11-12-3-2-6-15-10-12/h2-3,6,10H,4-5,7-9,11H2,1H3. The Hall–Kier alpha value is -1.46. The van der Waals surface area contributed by atoms with Crippen molar-refractivity contribution in [2.75, 3.05) is 20.1 Å². The van der Waals surface area contributed by atoms with Crippen molar-refractivity contribution in [1.82, 2.24) is 14.9 Å². The summed E-state index contributed by atoms with van der Waals surface area (Å²) in [7, 11) is 1.71. The first kappa shape index (κ1) is 12.6. The maximum Gasteiger partial charge on any atom is 0.248 e. The number of carbonyl (C=O) groups excluding carboxylic acids is 1. The van der Waals surface area contributed by atoms with Gasteiger partial charge >= 0.3 is 0 Å². The van der Waals surface area contributed by atoms with Crippen molar-refractivity contribution < 1.29 is 9.63 Å². The van der Waals surface area contributed by atoms with E-state index in [1.165, 1.54) is 10.6 Å². The van der Waals surface area contributed by atoms with Gasteiger partial charge < -0.3 is 0 Å². The van der Waals surface area contributed by atoms with Crippen LogP contribution >= 0.6 is 0 Å². The lowest BCUT2D eigenvalue weighted by Crippen LogP contribution is -2.44. The zero-order valence-corrected chi connectivity index (χ0v) is 11.2. The summed E-state index contributed by atoms with van der Waals surface area (Å²) in [6.45, 7) is 2.86. The second-order valence-electron chi connectivity index (χ2n) is 5.48. The molecule has 3 heterocycles. The average Bonchev–Trinajstić information content (AvgIpc) is 2.69. The van der Waals surface area contributed by atoms with Crippen LogP contribution in [0.5, 0.6) is 0 Å². The summed E-state index contributed by atoms with van der Waals surface area (Å²) in [5, 5.41) is 1.40. The SMILES string of the molecule is CN1OC2(CCN(Cc3cccnc3)CC2)CC1=O. The van der Waals surface area contributed by atoms with Gasteiger partial charge in [-0.15, -0.1) is 0 Å². The summed E-state index contributed by atoms with van der Waals surface area (Å²) >= 11 is 0. The van der Waals surface area contributed by atoms with Gasteiger partial charge in [0.2, 0.25) is 5.91 Å². The zero-order chi connectivity index (χ0) is 13.3. The first-order valence-corrected chi connectivity index (χ1v) is 6.74. The van der Waals surface area contributed by atoms with Crippen LogP contribution in [0.25, 0.3) is 0 Å². The Kier molecular flexibility index (Phi) is 3.24. The van der Waals surface area contributed by atoms with E-state index in [-0.39, 0.29) is 11.5 Å². The highest BCUT2D eigenvalue weighted by atomic mass is 16.7. The molecule has 1 amide bonds. The zero-order valence-electron chi connectivity index (χ0n) is 11.2. The molecule has 2 aliphatic rings. The van der Waals surface area contributed by atoms with Crippen molar-refractivity contribution in [1.29, 1.82) is 0 Å². The van der Waals surface area contributed by atoms with E-state index in [1.54, 1.807) is 13.2 Å². The first-order chi connectivity index (χ1) is 9.17. The third-order valence-electron chi connectivity index (χ3n) is 4.05. The van der Waals surface area contributed by atoms with E-state index in [0.29, 0.717) is 6.42 Å². The Morgan fingerprint density at radius 1 is 1.42 bits per heavy atom. The quantitative estimate of drug-likeness (QED) is 0.803. The number of hydroxylamine groups is 2. The van der Waals surface area contributed by atoms with Crippen LogP contribution in [-0.2, 0) is 16.2 Å². The molecule has 0 bridgehead atoms. The fraction of sp³-hybridized carbons (Fsp3) is 0.571.